The number of nitrogens with one attached hydrogen (secondary N) is 1. The van der Waals surface area contributed by atoms with Crippen LogP contribution in [0.25, 0.3) is 0 Å². The van der Waals surface area contributed by atoms with E-state index in [4.69, 9.17) is 17.3 Å². The van der Waals surface area contributed by atoms with Crippen LogP contribution >= 0.6 is 11.6 Å². The van der Waals surface area contributed by atoms with Gasteiger partial charge in [0.15, 0.2) is 0 Å². The zero-order valence-corrected chi connectivity index (χ0v) is 11.0. The number of hydrogen-bond acceptors (Lipinski definition) is 2. The van der Waals surface area contributed by atoms with Gasteiger partial charge in [0, 0.05) is 11.4 Å². The summed E-state index contributed by atoms with van der Waals surface area (Å²) in [6, 6.07) is 7.47. The molecule has 17 heavy (non-hydrogen) atoms. The largest absolute Gasteiger partial charge is 0.350 e. The van der Waals surface area contributed by atoms with Crippen LogP contribution in [0.15, 0.2) is 24.3 Å². The Morgan fingerprint density at radius 3 is 2.76 bits per heavy atom. The third-order valence-electron chi connectivity index (χ3n) is 2.66. The second-order valence-electron chi connectivity index (χ2n) is 4.39. The summed E-state index contributed by atoms with van der Waals surface area (Å²) < 4.78 is 0. The molecule has 0 aliphatic carbocycles. The number of amides is 1. The fourth-order valence-corrected chi connectivity index (χ4v) is 1.76. The lowest BCUT2D eigenvalue weighted by molar-refractivity contribution is -0.122. The van der Waals surface area contributed by atoms with Gasteiger partial charge in [-0.3, -0.25) is 4.79 Å². The molecule has 3 N–H and O–H groups in total. The Morgan fingerprint density at radius 1 is 1.47 bits per heavy atom. The first kappa shape index (κ1) is 14.0. The number of hydrogen-bond donors (Lipinski definition) is 2. The molecule has 0 aromatic heterocycles. The lowest BCUT2D eigenvalue weighted by Crippen LogP contribution is -2.29. The molecule has 0 aliphatic heterocycles. The van der Waals surface area contributed by atoms with Crippen LogP contribution in [0.5, 0.6) is 0 Å². The second-order valence-corrected chi connectivity index (χ2v) is 4.83. The fraction of sp³-hybridized carbons (Fsp3) is 0.462. The first-order valence-electron chi connectivity index (χ1n) is 5.77. The summed E-state index contributed by atoms with van der Waals surface area (Å²) in [6.45, 7) is 4.43. The monoisotopic (exact) mass is 254 g/mol. The summed E-state index contributed by atoms with van der Waals surface area (Å²) in [4.78, 5) is 11.7. The average Bonchev–Trinajstić information content (AvgIpc) is 2.28. The Morgan fingerprint density at radius 2 is 2.18 bits per heavy atom. The maximum absolute atomic E-state index is 11.7. The van der Waals surface area contributed by atoms with Crippen molar-refractivity contribution in [3.05, 3.63) is 34.9 Å². The molecule has 0 aliphatic rings. The first-order valence-corrected chi connectivity index (χ1v) is 6.15. The van der Waals surface area contributed by atoms with Gasteiger partial charge in [-0.15, -0.1) is 0 Å². The van der Waals surface area contributed by atoms with Gasteiger partial charge in [-0.25, -0.2) is 0 Å². The normalized spacial score (nSPS) is 14.1. The Labute approximate surface area is 107 Å². The summed E-state index contributed by atoms with van der Waals surface area (Å²) in [7, 11) is 0. The van der Waals surface area contributed by atoms with E-state index in [-0.39, 0.29) is 17.9 Å². The SMILES string of the molecule is CC(CN)CC(=O)N[C@H](C)c1cccc(Cl)c1. The molecule has 4 heteroatoms. The van der Waals surface area contributed by atoms with Crippen LogP contribution in [0, 0.1) is 5.92 Å². The zero-order chi connectivity index (χ0) is 12.8. The molecule has 1 rings (SSSR count). The molecular formula is C13H19ClN2O. The molecule has 1 unspecified atom stereocenters. The fourth-order valence-electron chi connectivity index (χ4n) is 1.56. The molecule has 0 radical (unpaired) electrons. The molecule has 0 fully saturated rings. The Balaban J connectivity index is 2.54. The Hall–Kier alpha value is -1.06. The lowest BCUT2D eigenvalue weighted by Gasteiger charge is -2.16. The van der Waals surface area contributed by atoms with Crippen molar-refractivity contribution in [2.45, 2.75) is 26.3 Å². The number of halogens is 1. The summed E-state index contributed by atoms with van der Waals surface area (Å²) in [5.74, 6) is 0.233. The highest BCUT2D eigenvalue weighted by Crippen LogP contribution is 2.17. The zero-order valence-electron chi connectivity index (χ0n) is 10.2. The molecule has 1 aromatic rings. The number of nitrogens with two attached hydrogens (primary N) is 1. The molecule has 0 saturated carbocycles. The van der Waals surface area contributed by atoms with Gasteiger partial charge in [0.2, 0.25) is 5.91 Å². The van der Waals surface area contributed by atoms with Gasteiger partial charge in [-0.1, -0.05) is 30.7 Å². The number of rotatable bonds is 5. The minimum Gasteiger partial charge on any atom is -0.350 e. The smallest absolute Gasteiger partial charge is 0.220 e. The van der Waals surface area contributed by atoms with Gasteiger partial charge < -0.3 is 11.1 Å². The van der Waals surface area contributed by atoms with Gasteiger partial charge in [0.05, 0.1) is 6.04 Å². The molecule has 94 valence electrons. The Kier molecular flexibility index (Phi) is 5.45. The Bertz CT molecular complexity index is 381. The molecule has 3 nitrogen and oxygen atoms in total. The quantitative estimate of drug-likeness (QED) is 0.848. The highest BCUT2D eigenvalue weighted by Gasteiger charge is 2.12. The van der Waals surface area contributed by atoms with E-state index in [9.17, 15) is 4.79 Å². The molecule has 1 amide bonds. The van der Waals surface area contributed by atoms with E-state index in [0.717, 1.165) is 5.56 Å². The molecule has 1 aromatic carbocycles. The number of carbonyl (C=O) groups excluding carboxylic acids is 1. The van der Waals surface area contributed by atoms with Crippen LogP contribution in [-0.2, 0) is 4.79 Å². The maximum Gasteiger partial charge on any atom is 0.220 e. The van der Waals surface area contributed by atoms with E-state index in [1.165, 1.54) is 0 Å². The molecular weight excluding hydrogens is 236 g/mol. The van der Waals surface area contributed by atoms with E-state index in [1.807, 2.05) is 38.1 Å². The van der Waals surface area contributed by atoms with Gasteiger partial charge >= 0.3 is 0 Å². The highest BCUT2D eigenvalue weighted by atomic mass is 35.5. The molecule has 0 bridgehead atoms. The lowest BCUT2D eigenvalue weighted by atomic mass is 10.1. The van der Waals surface area contributed by atoms with Crippen LogP contribution in [0.2, 0.25) is 5.02 Å². The predicted octanol–water partition coefficient (Wildman–Crippen LogP) is 2.50. The third kappa shape index (κ3) is 4.75. The predicted molar refractivity (Wildman–Crippen MR) is 70.8 cm³/mol. The topological polar surface area (TPSA) is 55.1 Å². The van der Waals surface area contributed by atoms with E-state index >= 15 is 0 Å². The van der Waals surface area contributed by atoms with Crippen molar-refractivity contribution in [1.82, 2.24) is 5.32 Å². The summed E-state index contributed by atoms with van der Waals surface area (Å²) in [6.07, 6.45) is 0.460. The van der Waals surface area contributed by atoms with Crippen LogP contribution in [-0.4, -0.2) is 12.5 Å². The van der Waals surface area contributed by atoms with E-state index < -0.39 is 0 Å². The second kappa shape index (κ2) is 6.62. The standard InChI is InChI=1S/C13H19ClN2O/c1-9(8-15)6-13(17)16-10(2)11-4-3-5-12(14)7-11/h3-5,7,9-10H,6,8,15H2,1-2H3,(H,16,17)/t9?,10-/m1/s1. The maximum atomic E-state index is 11.7. The van der Waals surface area contributed by atoms with Crippen LogP contribution in [0.3, 0.4) is 0 Å². The van der Waals surface area contributed by atoms with E-state index in [0.29, 0.717) is 18.0 Å². The number of carbonyl (C=O) groups is 1. The molecule has 0 heterocycles. The van der Waals surface area contributed by atoms with E-state index in [2.05, 4.69) is 5.32 Å². The summed E-state index contributed by atoms with van der Waals surface area (Å²) >= 11 is 5.90. The minimum absolute atomic E-state index is 0.0235. The van der Waals surface area contributed by atoms with Gasteiger partial charge in [0.25, 0.3) is 0 Å². The number of benzene rings is 1. The summed E-state index contributed by atoms with van der Waals surface area (Å²) in [5.41, 5.74) is 6.49. The van der Waals surface area contributed by atoms with Gasteiger partial charge in [-0.2, -0.15) is 0 Å². The van der Waals surface area contributed by atoms with Crippen molar-refractivity contribution >= 4 is 17.5 Å². The van der Waals surface area contributed by atoms with Gasteiger partial charge in [-0.05, 0) is 37.1 Å². The van der Waals surface area contributed by atoms with Crippen molar-refractivity contribution < 1.29 is 4.79 Å². The van der Waals surface area contributed by atoms with Crippen LogP contribution in [0.1, 0.15) is 31.9 Å². The molecule has 0 spiro atoms. The first-order chi connectivity index (χ1) is 8.02. The van der Waals surface area contributed by atoms with Crippen molar-refractivity contribution in [2.24, 2.45) is 11.7 Å². The van der Waals surface area contributed by atoms with Crippen molar-refractivity contribution in [1.29, 1.82) is 0 Å². The minimum atomic E-state index is -0.0359. The molecule has 2 atom stereocenters. The average molecular weight is 255 g/mol. The highest BCUT2D eigenvalue weighted by molar-refractivity contribution is 6.30. The molecule has 0 saturated heterocycles. The van der Waals surface area contributed by atoms with Gasteiger partial charge in [0.1, 0.15) is 0 Å². The van der Waals surface area contributed by atoms with Crippen molar-refractivity contribution in [3.63, 3.8) is 0 Å². The van der Waals surface area contributed by atoms with Crippen LogP contribution in [0.4, 0.5) is 0 Å². The van der Waals surface area contributed by atoms with Crippen molar-refractivity contribution in [3.8, 4) is 0 Å². The van der Waals surface area contributed by atoms with E-state index in [1.54, 1.807) is 0 Å². The van der Waals surface area contributed by atoms with Crippen LogP contribution < -0.4 is 11.1 Å². The van der Waals surface area contributed by atoms with Crippen molar-refractivity contribution in [2.75, 3.05) is 6.54 Å². The third-order valence-corrected chi connectivity index (χ3v) is 2.90. The summed E-state index contributed by atoms with van der Waals surface area (Å²) in [5, 5.41) is 3.62.